The molecule has 0 radical (unpaired) electrons. The van der Waals surface area contributed by atoms with Crippen molar-refractivity contribution in [1.82, 2.24) is 10.2 Å². The molecule has 1 saturated carbocycles. The highest BCUT2D eigenvalue weighted by Gasteiger charge is 2.34. The molecule has 1 aliphatic carbocycles. The maximum atomic E-state index is 14.3. The van der Waals surface area contributed by atoms with Gasteiger partial charge in [-0.3, -0.25) is 13.9 Å². The maximum Gasteiger partial charge on any atom is 0.264 e. The fourth-order valence-electron chi connectivity index (χ4n) is 5.45. The zero-order valence-corrected chi connectivity index (χ0v) is 27.2. The monoisotopic (exact) mass is 643 g/mol. The van der Waals surface area contributed by atoms with E-state index in [1.807, 2.05) is 26.8 Å². The molecule has 0 heterocycles. The van der Waals surface area contributed by atoms with Crippen molar-refractivity contribution in [3.8, 4) is 0 Å². The Morgan fingerprint density at radius 3 is 2.23 bits per heavy atom. The van der Waals surface area contributed by atoms with Gasteiger partial charge in [-0.05, 0) is 80.6 Å². The third kappa shape index (κ3) is 8.31. The molecule has 0 aromatic heterocycles. The smallest absolute Gasteiger partial charge is 0.264 e. The average molecular weight is 645 g/mol. The van der Waals surface area contributed by atoms with Gasteiger partial charge in [0.25, 0.3) is 10.0 Å². The zero-order valence-electron chi connectivity index (χ0n) is 24.9. The fourth-order valence-corrected chi connectivity index (χ4v) is 7.17. The largest absolute Gasteiger partial charge is 0.352 e. The van der Waals surface area contributed by atoms with E-state index in [1.54, 1.807) is 48.5 Å². The highest BCUT2D eigenvalue weighted by molar-refractivity contribution is 7.92. The predicted octanol–water partition coefficient (Wildman–Crippen LogP) is 7.06. The van der Waals surface area contributed by atoms with E-state index in [0.717, 1.165) is 47.5 Å². The van der Waals surface area contributed by atoms with Crippen LogP contribution in [0.5, 0.6) is 0 Å². The topological polar surface area (TPSA) is 86.8 Å². The van der Waals surface area contributed by atoms with Gasteiger partial charge in [-0.2, -0.15) is 0 Å². The molecule has 1 fully saturated rings. The van der Waals surface area contributed by atoms with Crippen LogP contribution in [0.2, 0.25) is 10.0 Å². The van der Waals surface area contributed by atoms with Crippen molar-refractivity contribution in [3.05, 3.63) is 93.5 Å². The molecule has 0 saturated heterocycles. The Kier molecular flexibility index (Phi) is 11.2. The van der Waals surface area contributed by atoms with Gasteiger partial charge in [-0.25, -0.2) is 8.42 Å². The summed E-state index contributed by atoms with van der Waals surface area (Å²) in [6.07, 6.45) is 5.40. The zero-order chi connectivity index (χ0) is 31.1. The molecule has 1 aliphatic rings. The van der Waals surface area contributed by atoms with Crippen molar-refractivity contribution in [2.24, 2.45) is 0 Å². The van der Waals surface area contributed by atoms with Gasteiger partial charge in [0.05, 0.1) is 20.6 Å². The number of benzene rings is 3. The number of halogens is 2. The molecule has 43 heavy (non-hydrogen) atoms. The second-order valence-corrected chi connectivity index (χ2v) is 13.9. The Labute approximate surface area is 265 Å². The first kappa shape index (κ1) is 32.8. The summed E-state index contributed by atoms with van der Waals surface area (Å²) in [4.78, 5) is 29.5. The van der Waals surface area contributed by atoms with E-state index in [0.29, 0.717) is 27.7 Å². The highest BCUT2D eigenvalue weighted by atomic mass is 35.5. The molecule has 10 heteroatoms. The highest BCUT2D eigenvalue weighted by Crippen LogP contribution is 2.28. The van der Waals surface area contributed by atoms with Crippen molar-refractivity contribution >= 4 is 50.7 Å². The third-order valence-corrected chi connectivity index (χ3v) is 10.4. The van der Waals surface area contributed by atoms with E-state index in [1.165, 1.54) is 17.0 Å². The van der Waals surface area contributed by atoms with Crippen LogP contribution in [0.25, 0.3) is 0 Å². The summed E-state index contributed by atoms with van der Waals surface area (Å²) < 4.78 is 29.2. The van der Waals surface area contributed by atoms with Gasteiger partial charge in [0, 0.05) is 12.6 Å². The number of aryl methyl sites for hydroxylation is 2. The van der Waals surface area contributed by atoms with Crippen molar-refractivity contribution in [1.29, 1.82) is 0 Å². The first-order valence-electron chi connectivity index (χ1n) is 14.7. The normalized spacial score (nSPS) is 14.6. The minimum atomic E-state index is -4.13. The summed E-state index contributed by atoms with van der Waals surface area (Å²) in [5, 5.41) is 3.86. The number of anilines is 1. The molecule has 0 unspecified atom stereocenters. The van der Waals surface area contributed by atoms with E-state index in [-0.39, 0.29) is 23.4 Å². The summed E-state index contributed by atoms with van der Waals surface area (Å²) in [5.41, 5.74) is 2.80. The molecule has 1 N–H and O–H groups in total. The van der Waals surface area contributed by atoms with Gasteiger partial charge in [0.1, 0.15) is 12.6 Å². The van der Waals surface area contributed by atoms with Gasteiger partial charge >= 0.3 is 0 Å². The molecule has 2 amide bonds. The molecule has 1 atom stereocenters. The minimum Gasteiger partial charge on any atom is -0.352 e. The van der Waals surface area contributed by atoms with Crippen LogP contribution in [0.1, 0.15) is 62.1 Å². The van der Waals surface area contributed by atoms with Crippen LogP contribution in [0.3, 0.4) is 0 Å². The summed E-state index contributed by atoms with van der Waals surface area (Å²) in [6.45, 7) is 5.15. The number of carbonyl (C=O) groups excluding carboxylic acids is 2. The van der Waals surface area contributed by atoms with Crippen LogP contribution in [0, 0.1) is 13.8 Å². The van der Waals surface area contributed by atoms with E-state index in [2.05, 4.69) is 5.32 Å². The van der Waals surface area contributed by atoms with Gasteiger partial charge in [-0.15, -0.1) is 0 Å². The van der Waals surface area contributed by atoms with E-state index < -0.39 is 28.5 Å². The van der Waals surface area contributed by atoms with Crippen LogP contribution in [-0.4, -0.2) is 43.8 Å². The Bertz CT molecular complexity index is 1540. The molecule has 4 rings (SSSR count). The Balaban J connectivity index is 1.72. The lowest BCUT2D eigenvalue weighted by Crippen LogP contribution is -2.54. The summed E-state index contributed by atoms with van der Waals surface area (Å²) in [7, 11) is -4.13. The van der Waals surface area contributed by atoms with Crippen LogP contribution < -0.4 is 9.62 Å². The van der Waals surface area contributed by atoms with Crippen LogP contribution in [-0.2, 0) is 26.2 Å². The maximum absolute atomic E-state index is 14.3. The Morgan fingerprint density at radius 2 is 1.60 bits per heavy atom. The van der Waals surface area contributed by atoms with E-state index in [4.69, 9.17) is 23.2 Å². The predicted molar refractivity (Wildman–Crippen MR) is 173 cm³/mol. The number of hydrogen-bond acceptors (Lipinski definition) is 4. The molecule has 3 aromatic carbocycles. The summed E-state index contributed by atoms with van der Waals surface area (Å²) in [5.74, 6) is -0.750. The van der Waals surface area contributed by atoms with Crippen molar-refractivity contribution < 1.29 is 18.0 Å². The van der Waals surface area contributed by atoms with Gasteiger partial charge < -0.3 is 10.2 Å². The lowest BCUT2D eigenvalue weighted by molar-refractivity contribution is -0.140. The van der Waals surface area contributed by atoms with Crippen LogP contribution >= 0.6 is 23.2 Å². The van der Waals surface area contributed by atoms with Crippen LogP contribution in [0.4, 0.5) is 5.69 Å². The molecule has 230 valence electrons. The molecule has 7 nitrogen and oxygen atoms in total. The second-order valence-electron chi connectivity index (χ2n) is 11.2. The van der Waals surface area contributed by atoms with Gasteiger partial charge in [0.15, 0.2) is 0 Å². The average Bonchev–Trinajstić information content (AvgIpc) is 2.98. The van der Waals surface area contributed by atoms with Gasteiger partial charge in [0.2, 0.25) is 11.8 Å². The molecular weight excluding hydrogens is 605 g/mol. The van der Waals surface area contributed by atoms with Crippen molar-refractivity contribution in [3.63, 3.8) is 0 Å². The Morgan fingerprint density at radius 1 is 0.907 bits per heavy atom. The number of sulfonamides is 1. The first-order chi connectivity index (χ1) is 20.5. The van der Waals surface area contributed by atoms with E-state index in [9.17, 15) is 18.0 Å². The third-order valence-electron chi connectivity index (χ3n) is 7.85. The number of carbonyl (C=O) groups is 2. The Hall–Kier alpha value is -3.07. The number of nitrogens with one attached hydrogen (secondary N) is 1. The number of amides is 2. The summed E-state index contributed by atoms with van der Waals surface area (Å²) >= 11 is 12.4. The number of rotatable bonds is 11. The summed E-state index contributed by atoms with van der Waals surface area (Å²) in [6, 6.07) is 17.9. The lowest BCUT2D eigenvalue weighted by Gasteiger charge is -2.34. The standard InChI is InChI=1S/C33H39Cl2N3O4S/c1-4-31(33(40)36-26-10-6-5-7-11-26)37(21-25-15-18-29(34)30(35)20-25)32(39)22-38(27-12-8-9-24(3)19-27)43(41,42)28-16-13-23(2)14-17-28/h8-9,12-20,26,31H,4-7,10-11,21-22H2,1-3H3,(H,36,40)/t31-/m1/s1. The van der Waals surface area contributed by atoms with Crippen molar-refractivity contribution in [2.75, 3.05) is 10.8 Å². The fraction of sp³-hybridized carbons (Fsp3) is 0.394. The second kappa shape index (κ2) is 14.6. The first-order valence-corrected chi connectivity index (χ1v) is 16.9. The molecule has 0 aliphatic heterocycles. The SMILES string of the molecule is CC[C@H](C(=O)NC1CCCCC1)N(Cc1ccc(Cl)c(Cl)c1)C(=O)CN(c1cccc(C)c1)S(=O)(=O)c1ccc(C)cc1. The number of hydrogen-bond donors (Lipinski definition) is 1. The number of nitrogens with zero attached hydrogens (tertiary/aromatic N) is 2. The van der Waals surface area contributed by atoms with E-state index >= 15 is 0 Å². The van der Waals surface area contributed by atoms with Crippen molar-refractivity contribution in [2.45, 2.75) is 82.8 Å². The van der Waals surface area contributed by atoms with Crippen LogP contribution in [0.15, 0.2) is 71.6 Å². The minimum absolute atomic E-state index is 0.0541. The molecule has 3 aromatic rings. The molecular formula is C33H39Cl2N3O4S. The quantitative estimate of drug-likeness (QED) is 0.242. The van der Waals surface area contributed by atoms with Gasteiger partial charge in [-0.1, -0.05) is 85.3 Å². The molecule has 0 bridgehead atoms. The lowest BCUT2D eigenvalue weighted by atomic mass is 9.95. The molecule has 0 spiro atoms.